The van der Waals surface area contributed by atoms with Crippen LogP contribution in [0.1, 0.15) is 0 Å². The van der Waals surface area contributed by atoms with Crippen LogP contribution in [-0.4, -0.2) is 68.4 Å². The first-order valence-corrected chi connectivity index (χ1v) is 10.0. The highest BCUT2D eigenvalue weighted by Gasteiger charge is 2.15. The third-order valence-corrected chi connectivity index (χ3v) is 7.32. The topological polar surface area (TPSA) is 40.5 Å². The molecule has 0 aromatic carbocycles. The molecule has 0 aliphatic heterocycles. The number of hydrogen-bond donors (Lipinski definition) is 4. The predicted octanol–water partition coefficient (Wildman–Crippen LogP) is 1.77. The molecule has 0 rings (SSSR count). The first kappa shape index (κ1) is 18.7. The molecule has 0 spiro atoms. The molecular weight excluding hydrogens is 312 g/mol. The summed E-state index contributed by atoms with van der Waals surface area (Å²) < 4.78 is 0. The summed E-state index contributed by atoms with van der Waals surface area (Å²) in [6.07, 6.45) is 0. The fourth-order valence-corrected chi connectivity index (χ4v) is 5.50. The quantitative estimate of drug-likeness (QED) is 0.323. The number of aliphatic hydroxyl groups is 2. The third kappa shape index (κ3) is 11.2. The lowest BCUT2D eigenvalue weighted by molar-refractivity contribution is 0.322. The molecule has 2 nitrogen and oxygen atoms in total. The summed E-state index contributed by atoms with van der Waals surface area (Å²) in [7, 11) is 0. The largest absolute Gasteiger partial charge is 0.396 e. The van der Waals surface area contributed by atoms with Crippen LogP contribution in [0, 0.1) is 0 Å². The number of hydrogen-bond acceptors (Lipinski definition) is 7. The molecule has 0 heterocycles. The molecule has 2 N–H and O–H groups in total. The SMILES string of the molecule is OCCSCC(CS)SC(CS)CSCCO. The Balaban J connectivity index is 3.77. The van der Waals surface area contributed by atoms with Crippen LogP contribution in [0.4, 0.5) is 0 Å². The average molecular weight is 335 g/mol. The van der Waals surface area contributed by atoms with Gasteiger partial charge in [0.15, 0.2) is 0 Å². The molecule has 2 unspecified atom stereocenters. The van der Waals surface area contributed by atoms with Gasteiger partial charge in [0.2, 0.25) is 0 Å². The van der Waals surface area contributed by atoms with E-state index >= 15 is 0 Å². The zero-order valence-corrected chi connectivity index (χ0v) is 14.1. The molecule has 0 aromatic rings. The van der Waals surface area contributed by atoms with E-state index in [1.54, 1.807) is 23.5 Å². The molecule has 0 bridgehead atoms. The Morgan fingerprint density at radius 3 is 1.53 bits per heavy atom. The first-order chi connectivity index (χ1) is 8.28. The van der Waals surface area contributed by atoms with Gasteiger partial charge in [0, 0.05) is 45.0 Å². The Hall–Kier alpha value is 1.67. The van der Waals surface area contributed by atoms with Crippen molar-refractivity contribution in [2.24, 2.45) is 0 Å². The lowest BCUT2D eigenvalue weighted by Gasteiger charge is -2.20. The van der Waals surface area contributed by atoms with Gasteiger partial charge in [-0.25, -0.2) is 0 Å². The van der Waals surface area contributed by atoms with Gasteiger partial charge in [-0.15, -0.1) is 0 Å². The molecule has 2 atom stereocenters. The summed E-state index contributed by atoms with van der Waals surface area (Å²) >= 11 is 14.2. The maximum absolute atomic E-state index is 8.74. The molecule has 0 radical (unpaired) electrons. The van der Waals surface area contributed by atoms with E-state index in [0.717, 1.165) is 34.5 Å². The van der Waals surface area contributed by atoms with Gasteiger partial charge in [-0.1, -0.05) is 0 Å². The molecule has 7 heteroatoms. The van der Waals surface area contributed by atoms with Crippen LogP contribution < -0.4 is 0 Å². The second-order valence-electron chi connectivity index (χ2n) is 3.34. The number of thiol groups is 2. The molecule has 0 saturated heterocycles. The van der Waals surface area contributed by atoms with Gasteiger partial charge in [-0.2, -0.15) is 60.5 Å². The van der Waals surface area contributed by atoms with E-state index in [4.69, 9.17) is 10.2 Å². The first-order valence-electron chi connectivity index (χ1n) is 5.52. The Kier molecular flexibility index (Phi) is 15.5. The van der Waals surface area contributed by atoms with Crippen LogP contribution in [0.3, 0.4) is 0 Å². The van der Waals surface area contributed by atoms with Gasteiger partial charge < -0.3 is 10.2 Å². The van der Waals surface area contributed by atoms with Crippen molar-refractivity contribution >= 4 is 60.5 Å². The van der Waals surface area contributed by atoms with Crippen molar-refractivity contribution in [3.8, 4) is 0 Å². The van der Waals surface area contributed by atoms with Crippen molar-refractivity contribution in [1.29, 1.82) is 0 Å². The second kappa shape index (κ2) is 14.1. The fourth-order valence-electron chi connectivity index (χ4n) is 1.10. The van der Waals surface area contributed by atoms with E-state index in [9.17, 15) is 0 Å². The van der Waals surface area contributed by atoms with E-state index in [1.165, 1.54) is 0 Å². The van der Waals surface area contributed by atoms with Crippen LogP contribution in [0.25, 0.3) is 0 Å². The van der Waals surface area contributed by atoms with Crippen LogP contribution in [0.5, 0.6) is 0 Å². The summed E-state index contributed by atoms with van der Waals surface area (Å²) in [6, 6.07) is 0. The molecule has 0 amide bonds. The van der Waals surface area contributed by atoms with Crippen molar-refractivity contribution in [3.05, 3.63) is 0 Å². The van der Waals surface area contributed by atoms with Gasteiger partial charge in [0.05, 0.1) is 13.2 Å². The lowest BCUT2D eigenvalue weighted by Crippen LogP contribution is -2.19. The third-order valence-electron chi connectivity index (χ3n) is 1.87. The number of aliphatic hydroxyl groups excluding tert-OH is 2. The minimum Gasteiger partial charge on any atom is -0.396 e. The van der Waals surface area contributed by atoms with Gasteiger partial charge in [0.1, 0.15) is 0 Å². The Labute approximate surface area is 128 Å². The smallest absolute Gasteiger partial charge is 0.0521 e. The monoisotopic (exact) mass is 334 g/mol. The average Bonchev–Trinajstić information content (AvgIpc) is 2.36. The molecule has 104 valence electrons. The molecule has 0 aliphatic carbocycles. The summed E-state index contributed by atoms with van der Waals surface area (Å²) in [5.74, 6) is 5.38. The number of thioether (sulfide) groups is 3. The van der Waals surface area contributed by atoms with Crippen LogP contribution in [0.2, 0.25) is 0 Å². The summed E-state index contributed by atoms with van der Waals surface area (Å²) in [6.45, 7) is 0.494. The van der Waals surface area contributed by atoms with E-state index in [0.29, 0.717) is 10.5 Å². The van der Waals surface area contributed by atoms with E-state index in [2.05, 4.69) is 25.3 Å². The van der Waals surface area contributed by atoms with Crippen molar-refractivity contribution in [2.45, 2.75) is 10.5 Å². The lowest BCUT2D eigenvalue weighted by atomic mass is 10.5. The standard InChI is InChI=1S/C10H22O2S5/c11-1-3-15-7-9(5-13)17-10(6-14)8-16-4-2-12/h9-14H,1-8H2. The summed E-state index contributed by atoms with van der Waals surface area (Å²) in [5, 5.41) is 18.5. The minimum atomic E-state index is 0.247. The summed E-state index contributed by atoms with van der Waals surface area (Å²) in [5.41, 5.74) is 0. The maximum atomic E-state index is 8.74. The van der Waals surface area contributed by atoms with E-state index in [1.807, 2.05) is 11.8 Å². The van der Waals surface area contributed by atoms with Crippen molar-refractivity contribution in [2.75, 3.05) is 47.7 Å². The molecular formula is C10H22O2S5. The normalized spacial score (nSPS) is 14.8. The van der Waals surface area contributed by atoms with Gasteiger partial charge >= 0.3 is 0 Å². The van der Waals surface area contributed by atoms with Crippen molar-refractivity contribution < 1.29 is 10.2 Å². The highest BCUT2D eigenvalue weighted by atomic mass is 32.2. The second-order valence-corrected chi connectivity index (χ2v) is 7.98. The van der Waals surface area contributed by atoms with Crippen molar-refractivity contribution in [1.82, 2.24) is 0 Å². The van der Waals surface area contributed by atoms with E-state index < -0.39 is 0 Å². The number of rotatable bonds is 12. The summed E-state index contributed by atoms with van der Waals surface area (Å²) in [4.78, 5) is 0. The zero-order chi connectivity index (χ0) is 12.9. The molecule has 17 heavy (non-hydrogen) atoms. The predicted molar refractivity (Wildman–Crippen MR) is 91.7 cm³/mol. The maximum Gasteiger partial charge on any atom is 0.0521 e. The van der Waals surface area contributed by atoms with Crippen LogP contribution in [0.15, 0.2) is 0 Å². The van der Waals surface area contributed by atoms with Crippen LogP contribution in [-0.2, 0) is 0 Å². The van der Waals surface area contributed by atoms with Gasteiger partial charge in [-0.05, 0) is 0 Å². The van der Waals surface area contributed by atoms with Gasteiger partial charge in [0.25, 0.3) is 0 Å². The van der Waals surface area contributed by atoms with Crippen LogP contribution >= 0.6 is 60.5 Å². The van der Waals surface area contributed by atoms with Gasteiger partial charge in [-0.3, -0.25) is 0 Å². The zero-order valence-electron chi connectivity index (χ0n) is 9.83. The fraction of sp³-hybridized carbons (Fsp3) is 1.00. The molecule has 0 aliphatic rings. The highest BCUT2D eigenvalue weighted by molar-refractivity contribution is 8.06. The molecule has 0 fully saturated rings. The van der Waals surface area contributed by atoms with E-state index in [-0.39, 0.29) is 13.2 Å². The minimum absolute atomic E-state index is 0.247. The Morgan fingerprint density at radius 2 is 1.24 bits per heavy atom. The molecule has 0 aromatic heterocycles. The molecule has 0 saturated carbocycles. The van der Waals surface area contributed by atoms with Crippen molar-refractivity contribution in [3.63, 3.8) is 0 Å². The Bertz CT molecular complexity index is 146. The Morgan fingerprint density at radius 1 is 0.824 bits per heavy atom. The highest BCUT2D eigenvalue weighted by Crippen LogP contribution is 2.26.